The van der Waals surface area contributed by atoms with Crippen molar-refractivity contribution < 1.29 is 14.0 Å². The van der Waals surface area contributed by atoms with Crippen LogP contribution >= 0.6 is 11.6 Å². The summed E-state index contributed by atoms with van der Waals surface area (Å²) in [5.74, 6) is -0.797. The Labute approximate surface area is 194 Å². The lowest BCUT2D eigenvalue weighted by molar-refractivity contribution is -0.119. The third-order valence-corrected chi connectivity index (χ3v) is 5.57. The van der Waals surface area contributed by atoms with E-state index in [1.54, 1.807) is 24.3 Å². The number of halogens is 2. The average Bonchev–Trinajstić information content (AvgIpc) is 3.19. The third kappa shape index (κ3) is 5.04. The normalized spacial score (nSPS) is 17.6. The second-order valence-electron chi connectivity index (χ2n) is 7.86. The summed E-state index contributed by atoms with van der Waals surface area (Å²) in [4.78, 5) is 43.1. The predicted molar refractivity (Wildman–Crippen MR) is 123 cm³/mol. The van der Waals surface area contributed by atoms with Gasteiger partial charge in [-0.3, -0.25) is 19.5 Å². The monoisotopic (exact) mass is 469 g/mol. The van der Waals surface area contributed by atoms with E-state index >= 15 is 0 Å². The first-order valence-electron chi connectivity index (χ1n) is 10.3. The van der Waals surface area contributed by atoms with Gasteiger partial charge in [0.05, 0.1) is 16.4 Å². The van der Waals surface area contributed by atoms with Gasteiger partial charge in [-0.05, 0) is 42.7 Å². The van der Waals surface area contributed by atoms with Crippen molar-refractivity contribution in [1.29, 1.82) is 0 Å². The molecule has 0 spiro atoms. The highest BCUT2D eigenvalue weighted by Crippen LogP contribution is 2.26. The third-order valence-electron chi connectivity index (χ3n) is 5.35. The SMILES string of the molecule is CC1CC(C(=O)Nc2ccc(-n3ccccc3=O)cc2F)N(C(=O)Nc2ccc(Cl)cn2)C1. The van der Waals surface area contributed by atoms with Crippen molar-refractivity contribution in [3.8, 4) is 5.69 Å². The largest absolute Gasteiger partial charge is 0.323 e. The van der Waals surface area contributed by atoms with Gasteiger partial charge in [-0.25, -0.2) is 14.2 Å². The maximum Gasteiger partial charge on any atom is 0.323 e. The van der Waals surface area contributed by atoms with Crippen molar-refractivity contribution in [3.63, 3.8) is 0 Å². The molecule has 3 aromatic rings. The Hall–Kier alpha value is -3.72. The number of carbonyl (C=O) groups is 2. The Morgan fingerprint density at radius 1 is 1.15 bits per heavy atom. The molecule has 1 aromatic carbocycles. The number of nitrogens with one attached hydrogen (secondary N) is 2. The van der Waals surface area contributed by atoms with Crippen LogP contribution in [-0.2, 0) is 4.79 Å². The topological polar surface area (TPSA) is 96.3 Å². The molecule has 1 saturated heterocycles. The summed E-state index contributed by atoms with van der Waals surface area (Å²) in [5.41, 5.74) is -0.000439. The van der Waals surface area contributed by atoms with Crippen LogP contribution in [0.1, 0.15) is 13.3 Å². The number of pyridine rings is 2. The van der Waals surface area contributed by atoms with Gasteiger partial charge in [0.15, 0.2) is 0 Å². The number of carbonyl (C=O) groups excluding carboxylic acids is 2. The molecule has 3 amide bonds. The van der Waals surface area contributed by atoms with Crippen molar-refractivity contribution >= 4 is 35.0 Å². The van der Waals surface area contributed by atoms with Crippen LogP contribution < -0.4 is 16.2 Å². The molecular weight excluding hydrogens is 449 g/mol. The number of hydrogen-bond acceptors (Lipinski definition) is 4. The molecule has 2 N–H and O–H groups in total. The summed E-state index contributed by atoms with van der Waals surface area (Å²) in [5, 5.41) is 5.65. The number of urea groups is 1. The van der Waals surface area contributed by atoms with Gasteiger partial charge < -0.3 is 10.2 Å². The molecular formula is C23H21ClFN5O3. The highest BCUT2D eigenvalue weighted by atomic mass is 35.5. The van der Waals surface area contributed by atoms with Crippen LogP contribution in [0, 0.1) is 11.7 Å². The highest BCUT2D eigenvalue weighted by molar-refractivity contribution is 6.30. The van der Waals surface area contributed by atoms with E-state index in [1.807, 2.05) is 6.92 Å². The van der Waals surface area contributed by atoms with Gasteiger partial charge in [0.1, 0.15) is 17.7 Å². The molecule has 2 atom stereocenters. The van der Waals surface area contributed by atoms with Gasteiger partial charge in [0, 0.05) is 31.1 Å². The van der Waals surface area contributed by atoms with Crippen LogP contribution in [0.5, 0.6) is 0 Å². The fraction of sp³-hybridized carbons (Fsp3) is 0.217. The molecule has 0 radical (unpaired) electrons. The number of aromatic nitrogens is 2. The molecule has 33 heavy (non-hydrogen) atoms. The Bertz CT molecular complexity index is 1250. The van der Waals surface area contributed by atoms with Gasteiger partial charge in [0.2, 0.25) is 5.91 Å². The molecule has 0 saturated carbocycles. The smallest absolute Gasteiger partial charge is 0.322 e. The number of nitrogens with zero attached hydrogens (tertiary/aromatic N) is 3. The lowest BCUT2D eigenvalue weighted by Gasteiger charge is -2.24. The Morgan fingerprint density at radius 3 is 2.67 bits per heavy atom. The number of likely N-dealkylation sites (tertiary alicyclic amines) is 1. The molecule has 10 heteroatoms. The minimum absolute atomic E-state index is 0.0352. The number of hydrogen-bond donors (Lipinski definition) is 2. The van der Waals surface area contributed by atoms with Crippen LogP contribution in [0.25, 0.3) is 5.69 Å². The van der Waals surface area contributed by atoms with E-state index in [2.05, 4.69) is 15.6 Å². The van der Waals surface area contributed by atoms with E-state index in [1.165, 1.54) is 46.1 Å². The zero-order valence-electron chi connectivity index (χ0n) is 17.7. The molecule has 0 bridgehead atoms. The first-order chi connectivity index (χ1) is 15.8. The summed E-state index contributed by atoms with van der Waals surface area (Å²) in [7, 11) is 0. The van der Waals surface area contributed by atoms with Gasteiger partial charge >= 0.3 is 6.03 Å². The minimum atomic E-state index is -0.775. The maximum atomic E-state index is 14.7. The fourth-order valence-corrected chi connectivity index (χ4v) is 3.87. The van der Waals surface area contributed by atoms with Crippen molar-refractivity contribution in [3.05, 3.63) is 82.1 Å². The van der Waals surface area contributed by atoms with Crippen LogP contribution in [0.2, 0.25) is 5.02 Å². The molecule has 1 aliphatic heterocycles. The summed E-state index contributed by atoms with van der Waals surface area (Å²) in [6, 6.07) is 10.6. The molecule has 0 aliphatic carbocycles. The van der Waals surface area contributed by atoms with Crippen LogP contribution in [0.3, 0.4) is 0 Å². The molecule has 8 nitrogen and oxygen atoms in total. The van der Waals surface area contributed by atoms with Crippen molar-refractivity contribution in [1.82, 2.24) is 14.5 Å². The van der Waals surface area contributed by atoms with Gasteiger partial charge in [-0.1, -0.05) is 24.6 Å². The Balaban J connectivity index is 1.48. The van der Waals surface area contributed by atoms with Gasteiger partial charge in [-0.2, -0.15) is 0 Å². The van der Waals surface area contributed by atoms with E-state index < -0.39 is 23.8 Å². The molecule has 170 valence electrons. The van der Waals surface area contributed by atoms with E-state index in [0.717, 1.165) is 0 Å². The molecule has 4 rings (SSSR count). The predicted octanol–water partition coefficient (Wildman–Crippen LogP) is 3.91. The standard InChI is InChI=1S/C23H21ClFN5O3/c1-14-10-19(30(13-14)23(33)28-20-8-5-15(24)12-26-20)22(32)27-18-7-6-16(11-17(18)25)29-9-3-2-4-21(29)31/h2-9,11-12,14,19H,10,13H2,1H3,(H,27,32)(H,26,28,33). The van der Waals surface area contributed by atoms with Crippen LogP contribution in [0.15, 0.2) is 65.7 Å². The second kappa shape index (κ2) is 9.41. The summed E-state index contributed by atoms with van der Waals surface area (Å²) >= 11 is 5.82. The Morgan fingerprint density at radius 2 is 1.97 bits per heavy atom. The van der Waals surface area contributed by atoms with Crippen molar-refractivity contribution in [2.45, 2.75) is 19.4 Å². The minimum Gasteiger partial charge on any atom is -0.322 e. The highest BCUT2D eigenvalue weighted by Gasteiger charge is 2.38. The zero-order valence-corrected chi connectivity index (χ0v) is 18.4. The summed E-state index contributed by atoms with van der Waals surface area (Å²) in [6.45, 7) is 2.30. The van der Waals surface area contributed by atoms with E-state index in [0.29, 0.717) is 29.5 Å². The van der Waals surface area contributed by atoms with E-state index in [9.17, 15) is 18.8 Å². The second-order valence-corrected chi connectivity index (χ2v) is 8.30. The number of anilines is 2. The molecule has 2 unspecified atom stereocenters. The van der Waals surface area contributed by atoms with E-state index in [4.69, 9.17) is 11.6 Å². The zero-order chi connectivity index (χ0) is 23.5. The number of amides is 3. The molecule has 1 fully saturated rings. The van der Waals surface area contributed by atoms with Crippen molar-refractivity contribution in [2.75, 3.05) is 17.2 Å². The first kappa shape index (κ1) is 22.5. The number of rotatable bonds is 4. The maximum absolute atomic E-state index is 14.7. The molecule has 1 aliphatic rings. The first-order valence-corrected chi connectivity index (χ1v) is 10.7. The van der Waals surface area contributed by atoms with E-state index in [-0.39, 0.29) is 17.2 Å². The quantitative estimate of drug-likeness (QED) is 0.605. The summed E-state index contributed by atoms with van der Waals surface area (Å²) < 4.78 is 16.0. The summed E-state index contributed by atoms with van der Waals surface area (Å²) in [6.07, 6.45) is 3.37. The van der Waals surface area contributed by atoms with Gasteiger partial charge in [0.25, 0.3) is 5.56 Å². The molecule has 3 heterocycles. The lowest BCUT2D eigenvalue weighted by atomic mass is 10.1. The average molecular weight is 470 g/mol. The lowest BCUT2D eigenvalue weighted by Crippen LogP contribution is -2.45. The fourth-order valence-electron chi connectivity index (χ4n) is 3.76. The number of benzene rings is 1. The van der Waals surface area contributed by atoms with Gasteiger partial charge in [-0.15, -0.1) is 0 Å². The Kier molecular flexibility index (Phi) is 6.41. The van der Waals surface area contributed by atoms with Crippen LogP contribution in [-0.4, -0.2) is 39.0 Å². The van der Waals surface area contributed by atoms with Crippen LogP contribution in [0.4, 0.5) is 20.7 Å². The van der Waals surface area contributed by atoms with Crippen molar-refractivity contribution in [2.24, 2.45) is 5.92 Å². The molecule has 2 aromatic heterocycles.